The van der Waals surface area contributed by atoms with Crippen molar-refractivity contribution in [3.05, 3.63) is 28.2 Å². The summed E-state index contributed by atoms with van der Waals surface area (Å²) in [4.78, 5) is 2.49. The van der Waals surface area contributed by atoms with Gasteiger partial charge >= 0.3 is 0 Å². The van der Waals surface area contributed by atoms with Gasteiger partial charge in [0.15, 0.2) is 0 Å². The summed E-state index contributed by atoms with van der Waals surface area (Å²) in [7, 11) is 2.25. The third kappa shape index (κ3) is 4.46. The monoisotopic (exact) mass is 352 g/mol. The van der Waals surface area contributed by atoms with Crippen LogP contribution in [0.1, 0.15) is 51.5 Å². The number of nitrogens with two attached hydrogens (primary N) is 1. The molecule has 0 saturated heterocycles. The fraction of sp³-hybridized carbons (Fsp3) is 0.667. The van der Waals surface area contributed by atoms with E-state index in [0.717, 1.165) is 16.8 Å². The van der Waals surface area contributed by atoms with E-state index in [9.17, 15) is 0 Å². The Morgan fingerprint density at radius 3 is 2.52 bits per heavy atom. The SMILES string of the molecule is CCC1CCC(N(C)c2cc(Br)ccc2CC(C)N)CC1. The van der Waals surface area contributed by atoms with Crippen LogP contribution in [-0.2, 0) is 6.42 Å². The maximum atomic E-state index is 6.02. The van der Waals surface area contributed by atoms with Gasteiger partial charge in [0.1, 0.15) is 0 Å². The molecule has 0 aliphatic heterocycles. The number of rotatable bonds is 5. The molecule has 0 heterocycles. The van der Waals surface area contributed by atoms with Crippen LogP contribution in [0.2, 0.25) is 0 Å². The van der Waals surface area contributed by atoms with Crippen molar-refractivity contribution < 1.29 is 0 Å². The molecule has 0 radical (unpaired) electrons. The van der Waals surface area contributed by atoms with Crippen molar-refractivity contribution in [2.75, 3.05) is 11.9 Å². The molecule has 1 atom stereocenters. The first-order valence-electron chi connectivity index (χ1n) is 8.28. The highest BCUT2D eigenvalue weighted by molar-refractivity contribution is 9.10. The smallest absolute Gasteiger partial charge is 0.0410 e. The Bertz CT molecular complexity index is 451. The fourth-order valence-electron chi connectivity index (χ4n) is 3.52. The zero-order valence-electron chi connectivity index (χ0n) is 13.6. The molecular formula is C18H29BrN2. The van der Waals surface area contributed by atoms with E-state index in [1.54, 1.807) is 0 Å². The van der Waals surface area contributed by atoms with Crippen LogP contribution in [0.5, 0.6) is 0 Å². The summed E-state index contributed by atoms with van der Waals surface area (Å²) in [6.45, 7) is 4.40. The van der Waals surface area contributed by atoms with Crippen molar-refractivity contribution >= 4 is 21.6 Å². The van der Waals surface area contributed by atoms with E-state index < -0.39 is 0 Å². The highest BCUT2D eigenvalue weighted by Gasteiger charge is 2.24. The van der Waals surface area contributed by atoms with Crippen LogP contribution in [0.3, 0.4) is 0 Å². The summed E-state index contributed by atoms with van der Waals surface area (Å²) in [5, 5.41) is 0. The average molecular weight is 353 g/mol. The molecule has 2 nitrogen and oxygen atoms in total. The van der Waals surface area contributed by atoms with Gasteiger partial charge < -0.3 is 10.6 Å². The predicted octanol–water partition coefficient (Wildman–Crippen LogP) is 4.74. The summed E-state index contributed by atoms with van der Waals surface area (Å²) in [5.74, 6) is 0.945. The van der Waals surface area contributed by atoms with Gasteiger partial charge in [-0.3, -0.25) is 0 Å². The zero-order chi connectivity index (χ0) is 15.4. The summed E-state index contributed by atoms with van der Waals surface area (Å²) in [6.07, 6.45) is 7.67. The molecule has 21 heavy (non-hydrogen) atoms. The molecule has 0 aromatic heterocycles. The Hall–Kier alpha value is -0.540. The molecule has 1 aromatic carbocycles. The highest BCUT2D eigenvalue weighted by atomic mass is 79.9. The van der Waals surface area contributed by atoms with Crippen molar-refractivity contribution in [1.29, 1.82) is 0 Å². The lowest BCUT2D eigenvalue weighted by Crippen LogP contribution is -2.36. The standard InChI is InChI=1S/C18H29BrN2/c1-4-14-5-9-17(10-6-14)21(3)18-12-16(19)8-7-15(18)11-13(2)20/h7-8,12-14,17H,4-6,9-11,20H2,1-3H3. The fourth-order valence-corrected chi connectivity index (χ4v) is 3.87. The molecule has 2 rings (SSSR count). The van der Waals surface area contributed by atoms with E-state index in [2.05, 4.69) is 59.9 Å². The van der Waals surface area contributed by atoms with Crippen LogP contribution >= 0.6 is 15.9 Å². The molecule has 0 spiro atoms. The van der Waals surface area contributed by atoms with Gasteiger partial charge in [0.2, 0.25) is 0 Å². The summed E-state index contributed by atoms with van der Waals surface area (Å²) >= 11 is 3.62. The van der Waals surface area contributed by atoms with E-state index >= 15 is 0 Å². The second kappa shape index (κ2) is 7.64. The molecular weight excluding hydrogens is 324 g/mol. The quantitative estimate of drug-likeness (QED) is 0.828. The van der Waals surface area contributed by atoms with Gasteiger partial charge in [-0.1, -0.05) is 35.3 Å². The lowest BCUT2D eigenvalue weighted by atomic mass is 9.84. The number of hydrogen-bond acceptors (Lipinski definition) is 2. The average Bonchev–Trinajstić information content (AvgIpc) is 2.48. The molecule has 0 bridgehead atoms. The third-order valence-electron chi connectivity index (χ3n) is 4.91. The Balaban J connectivity index is 2.14. The van der Waals surface area contributed by atoms with Gasteiger partial charge in [0.25, 0.3) is 0 Å². The maximum absolute atomic E-state index is 6.02. The van der Waals surface area contributed by atoms with Crippen LogP contribution in [0, 0.1) is 5.92 Å². The van der Waals surface area contributed by atoms with E-state index in [-0.39, 0.29) is 6.04 Å². The first-order chi connectivity index (χ1) is 10.0. The Morgan fingerprint density at radius 2 is 1.95 bits per heavy atom. The van der Waals surface area contributed by atoms with E-state index in [0.29, 0.717) is 6.04 Å². The molecule has 1 unspecified atom stereocenters. The second-order valence-electron chi connectivity index (χ2n) is 6.65. The molecule has 1 aliphatic rings. The van der Waals surface area contributed by atoms with E-state index in [1.807, 2.05) is 0 Å². The van der Waals surface area contributed by atoms with Gasteiger partial charge in [-0.15, -0.1) is 0 Å². The van der Waals surface area contributed by atoms with Crippen molar-refractivity contribution in [2.45, 2.75) is 64.5 Å². The van der Waals surface area contributed by atoms with Crippen LogP contribution in [0.15, 0.2) is 22.7 Å². The normalized spacial score (nSPS) is 23.9. The molecule has 1 fully saturated rings. The molecule has 118 valence electrons. The second-order valence-corrected chi connectivity index (χ2v) is 7.56. The minimum Gasteiger partial charge on any atom is -0.371 e. The van der Waals surface area contributed by atoms with Crippen molar-refractivity contribution in [3.8, 4) is 0 Å². The van der Waals surface area contributed by atoms with Crippen LogP contribution < -0.4 is 10.6 Å². The maximum Gasteiger partial charge on any atom is 0.0410 e. The lowest BCUT2D eigenvalue weighted by molar-refractivity contribution is 0.313. The lowest BCUT2D eigenvalue weighted by Gasteiger charge is -2.37. The predicted molar refractivity (Wildman–Crippen MR) is 95.9 cm³/mol. The summed E-state index contributed by atoms with van der Waals surface area (Å²) in [6, 6.07) is 7.48. The first-order valence-corrected chi connectivity index (χ1v) is 9.07. The molecule has 0 amide bonds. The Morgan fingerprint density at radius 1 is 1.29 bits per heavy atom. The molecule has 1 aromatic rings. The first kappa shape index (κ1) is 16.8. The summed E-state index contributed by atoms with van der Waals surface area (Å²) in [5.41, 5.74) is 8.73. The zero-order valence-corrected chi connectivity index (χ0v) is 15.2. The topological polar surface area (TPSA) is 29.3 Å². The summed E-state index contributed by atoms with van der Waals surface area (Å²) < 4.78 is 1.15. The molecule has 1 saturated carbocycles. The minimum atomic E-state index is 0.203. The van der Waals surface area contributed by atoms with Crippen molar-refractivity contribution in [1.82, 2.24) is 0 Å². The number of halogens is 1. The third-order valence-corrected chi connectivity index (χ3v) is 5.40. The van der Waals surface area contributed by atoms with Crippen LogP contribution in [0.25, 0.3) is 0 Å². The van der Waals surface area contributed by atoms with Crippen LogP contribution in [0.4, 0.5) is 5.69 Å². The van der Waals surface area contributed by atoms with Crippen molar-refractivity contribution in [2.24, 2.45) is 11.7 Å². The molecule has 2 N–H and O–H groups in total. The van der Waals surface area contributed by atoms with Gasteiger partial charge in [-0.2, -0.15) is 0 Å². The number of anilines is 1. The molecule has 3 heteroatoms. The van der Waals surface area contributed by atoms with Crippen molar-refractivity contribution in [3.63, 3.8) is 0 Å². The van der Waals surface area contributed by atoms with E-state index in [1.165, 1.54) is 43.4 Å². The van der Waals surface area contributed by atoms with Crippen LogP contribution in [-0.4, -0.2) is 19.1 Å². The highest BCUT2D eigenvalue weighted by Crippen LogP contribution is 2.33. The van der Waals surface area contributed by atoms with Gasteiger partial charge in [-0.05, 0) is 62.6 Å². The number of benzene rings is 1. The molecule has 1 aliphatic carbocycles. The Labute approximate surface area is 138 Å². The van der Waals surface area contributed by atoms with E-state index in [4.69, 9.17) is 5.73 Å². The largest absolute Gasteiger partial charge is 0.371 e. The van der Waals surface area contributed by atoms with Gasteiger partial charge in [-0.25, -0.2) is 0 Å². The minimum absolute atomic E-state index is 0.203. The number of nitrogens with zero attached hydrogens (tertiary/aromatic N) is 1. The number of hydrogen-bond donors (Lipinski definition) is 1. The Kier molecular flexibility index (Phi) is 6.12. The van der Waals surface area contributed by atoms with Gasteiger partial charge in [0, 0.05) is 29.3 Å². The van der Waals surface area contributed by atoms with Gasteiger partial charge in [0.05, 0.1) is 0 Å².